The van der Waals surface area contributed by atoms with Crippen LogP contribution in [0.15, 0.2) is 30.3 Å². The summed E-state index contributed by atoms with van der Waals surface area (Å²) in [7, 11) is 1.74. The van der Waals surface area contributed by atoms with E-state index < -0.39 is 5.82 Å². The number of nitrogens with zero attached hydrogens (tertiary/aromatic N) is 2. The van der Waals surface area contributed by atoms with Gasteiger partial charge >= 0.3 is 0 Å². The average Bonchev–Trinajstić information content (AvgIpc) is 2.47. The number of aromatic nitrogens is 2. The van der Waals surface area contributed by atoms with E-state index in [-0.39, 0.29) is 18.2 Å². The second kappa shape index (κ2) is 6.81. The highest BCUT2D eigenvalue weighted by molar-refractivity contribution is 5.39. The number of hydrogen-bond donors (Lipinski definition) is 1. The molecule has 0 saturated heterocycles. The zero-order valence-electron chi connectivity index (χ0n) is 11.4. The molecule has 0 bridgehead atoms. The quantitative estimate of drug-likeness (QED) is 0.879. The lowest BCUT2D eigenvalue weighted by Gasteiger charge is -2.09. The van der Waals surface area contributed by atoms with Crippen LogP contribution >= 0.6 is 0 Å². The summed E-state index contributed by atoms with van der Waals surface area (Å²) in [5.74, 6) is 1.01. The Balaban J connectivity index is 2.24. The van der Waals surface area contributed by atoms with Crippen LogP contribution in [0.1, 0.15) is 12.7 Å². The first-order valence-corrected chi connectivity index (χ1v) is 6.28. The Morgan fingerprint density at radius 1 is 1.25 bits per heavy atom. The Bertz CT molecular complexity index is 578. The summed E-state index contributed by atoms with van der Waals surface area (Å²) in [5, 5.41) is 2.90. The van der Waals surface area contributed by atoms with E-state index in [0.717, 1.165) is 0 Å². The molecule has 5 nitrogen and oxygen atoms in total. The predicted octanol–water partition coefficient (Wildman–Crippen LogP) is 2.99. The van der Waals surface area contributed by atoms with Gasteiger partial charge in [-0.25, -0.2) is 9.37 Å². The SMILES string of the molecule is CCOCc1nc(NC)cc(Oc2ccccc2F)n1. The van der Waals surface area contributed by atoms with Crippen molar-refractivity contribution in [1.29, 1.82) is 0 Å². The topological polar surface area (TPSA) is 56.3 Å². The first-order chi connectivity index (χ1) is 9.72. The van der Waals surface area contributed by atoms with Crippen LogP contribution in [0.3, 0.4) is 0 Å². The maximum atomic E-state index is 13.6. The minimum atomic E-state index is -0.441. The summed E-state index contributed by atoms with van der Waals surface area (Å²) in [5.41, 5.74) is 0. The lowest BCUT2D eigenvalue weighted by Crippen LogP contribution is -2.04. The van der Waals surface area contributed by atoms with E-state index in [1.807, 2.05) is 6.92 Å². The van der Waals surface area contributed by atoms with Crippen molar-refractivity contribution in [2.45, 2.75) is 13.5 Å². The Kier molecular flexibility index (Phi) is 4.84. The van der Waals surface area contributed by atoms with Crippen molar-refractivity contribution in [2.24, 2.45) is 0 Å². The minimum absolute atomic E-state index is 0.121. The molecule has 0 unspecified atom stereocenters. The predicted molar refractivity (Wildman–Crippen MR) is 73.4 cm³/mol. The smallest absolute Gasteiger partial charge is 0.224 e. The van der Waals surface area contributed by atoms with Gasteiger partial charge in [0.2, 0.25) is 5.88 Å². The lowest BCUT2D eigenvalue weighted by molar-refractivity contribution is 0.128. The molecule has 20 heavy (non-hydrogen) atoms. The van der Waals surface area contributed by atoms with E-state index in [1.54, 1.807) is 31.3 Å². The van der Waals surface area contributed by atoms with Crippen LogP contribution in [-0.2, 0) is 11.3 Å². The summed E-state index contributed by atoms with van der Waals surface area (Å²) in [6, 6.07) is 7.76. The van der Waals surface area contributed by atoms with Gasteiger partial charge in [-0.3, -0.25) is 0 Å². The molecule has 0 spiro atoms. The van der Waals surface area contributed by atoms with Crippen LogP contribution in [0.4, 0.5) is 10.2 Å². The van der Waals surface area contributed by atoms with Gasteiger partial charge in [0.1, 0.15) is 12.4 Å². The average molecular weight is 277 g/mol. The van der Waals surface area contributed by atoms with Crippen LogP contribution in [0, 0.1) is 5.82 Å². The van der Waals surface area contributed by atoms with Gasteiger partial charge in [-0.2, -0.15) is 4.98 Å². The molecule has 2 aromatic rings. The van der Waals surface area contributed by atoms with E-state index in [1.165, 1.54) is 6.07 Å². The van der Waals surface area contributed by atoms with Crippen molar-refractivity contribution < 1.29 is 13.9 Å². The second-order valence-corrected chi connectivity index (χ2v) is 3.93. The van der Waals surface area contributed by atoms with Crippen LogP contribution in [0.5, 0.6) is 11.6 Å². The number of anilines is 1. The Morgan fingerprint density at radius 3 is 2.75 bits per heavy atom. The largest absolute Gasteiger partial charge is 0.436 e. The van der Waals surface area contributed by atoms with Gasteiger partial charge in [0.25, 0.3) is 0 Å². The number of benzene rings is 1. The summed E-state index contributed by atoms with van der Waals surface area (Å²) >= 11 is 0. The van der Waals surface area contributed by atoms with Crippen LogP contribution in [0.2, 0.25) is 0 Å². The molecule has 1 aromatic carbocycles. The molecule has 1 N–H and O–H groups in total. The van der Waals surface area contributed by atoms with Crippen molar-refractivity contribution >= 4 is 5.82 Å². The molecule has 0 aliphatic heterocycles. The molecule has 2 rings (SSSR count). The summed E-state index contributed by atoms with van der Waals surface area (Å²) in [6.07, 6.45) is 0. The minimum Gasteiger partial charge on any atom is -0.436 e. The number of ether oxygens (including phenoxy) is 2. The van der Waals surface area contributed by atoms with E-state index >= 15 is 0 Å². The first-order valence-electron chi connectivity index (χ1n) is 6.28. The number of halogens is 1. The third kappa shape index (κ3) is 3.64. The van der Waals surface area contributed by atoms with Crippen molar-refractivity contribution in [3.8, 4) is 11.6 Å². The van der Waals surface area contributed by atoms with Gasteiger partial charge in [0.05, 0.1) is 0 Å². The Labute approximate surface area is 116 Å². The van der Waals surface area contributed by atoms with Crippen molar-refractivity contribution in [3.63, 3.8) is 0 Å². The Hall–Kier alpha value is -2.21. The van der Waals surface area contributed by atoms with Crippen molar-refractivity contribution in [3.05, 3.63) is 42.0 Å². The van der Waals surface area contributed by atoms with Gasteiger partial charge in [-0.05, 0) is 19.1 Å². The molecular formula is C14H16FN3O2. The van der Waals surface area contributed by atoms with Gasteiger partial charge in [0, 0.05) is 19.7 Å². The molecule has 6 heteroatoms. The van der Waals surface area contributed by atoms with E-state index in [2.05, 4.69) is 15.3 Å². The number of para-hydroxylation sites is 1. The third-order valence-electron chi connectivity index (χ3n) is 2.49. The van der Waals surface area contributed by atoms with Gasteiger partial charge in [-0.15, -0.1) is 0 Å². The number of nitrogens with one attached hydrogen (secondary N) is 1. The monoisotopic (exact) mass is 277 g/mol. The highest BCUT2D eigenvalue weighted by atomic mass is 19.1. The van der Waals surface area contributed by atoms with Crippen molar-refractivity contribution in [2.75, 3.05) is 19.0 Å². The zero-order chi connectivity index (χ0) is 14.4. The maximum absolute atomic E-state index is 13.6. The third-order valence-corrected chi connectivity index (χ3v) is 2.49. The fourth-order valence-corrected chi connectivity index (χ4v) is 1.55. The Morgan fingerprint density at radius 2 is 2.05 bits per heavy atom. The van der Waals surface area contributed by atoms with Crippen LogP contribution in [0.25, 0.3) is 0 Å². The van der Waals surface area contributed by atoms with E-state index in [9.17, 15) is 4.39 Å². The summed E-state index contributed by atoms with van der Waals surface area (Å²) < 4.78 is 24.3. The number of rotatable bonds is 6. The molecule has 0 aliphatic rings. The molecule has 0 fully saturated rings. The summed E-state index contributed by atoms with van der Waals surface area (Å²) in [6.45, 7) is 2.73. The zero-order valence-corrected chi connectivity index (χ0v) is 11.4. The fraction of sp³-hybridized carbons (Fsp3) is 0.286. The molecule has 1 heterocycles. The normalized spacial score (nSPS) is 10.3. The van der Waals surface area contributed by atoms with Crippen molar-refractivity contribution in [1.82, 2.24) is 9.97 Å². The highest BCUT2D eigenvalue weighted by Gasteiger charge is 2.08. The molecule has 106 valence electrons. The van der Waals surface area contributed by atoms with E-state index in [4.69, 9.17) is 9.47 Å². The molecule has 1 aromatic heterocycles. The van der Waals surface area contributed by atoms with Crippen LogP contribution < -0.4 is 10.1 Å². The van der Waals surface area contributed by atoms with Gasteiger partial charge in [-0.1, -0.05) is 12.1 Å². The fourth-order valence-electron chi connectivity index (χ4n) is 1.55. The molecule has 0 radical (unpaired) electrons. The van der Waals surface area contributed by atoms with Crippen LogP contribution in [-0.4, -0.2) is 23.6 Å². The van der Waals surface area contributed by atoms with E-state index in [0.29, 0.717) is 18.2 Å². The van der Waals surface area contributed by atoms with Gasteiger partial charge in [0.15, 0.2) is 17.4 Å². The molecule has 0 atom stereocenters. The highest BCUT2D eigenvalue weighted by Crippen LogP contribution is 2.24. The molecule has 0 saturated carbocycles. The standard InChI is InChI=1S/C14H16FN3O2/c1-3-19-9-13-17-12(16-2)8-14(18-13)20-11-7-5-4-6-10(11)15/h4-8H,3,9H2,1-2H3,(H,16,17,18). The lowest BCUT2D eigenvalue weighted by atomic mass is 10.3. The maximum Gasteiger partial charge on any atom is 0.224 e. The number of hydrogen-bond acceptors (Lipinski definition) is 5. The second-order valence-electron chi connectivity index (χ2n) is 3.93. The summed E-state index contributed by atoms with van der Waals surface area (Å²) in [4.78, 5) is 8.42. The molecule has 0 aliphatic carbocycles. The van der Waals surface area contributed by atoms with Gasteiger partial charge < -0.3 is 14.8 Å². The first kappa shape index (κ1) is 14.2. The molecular weight excluding hydrogens is 261 g/mol. The molecule has 0 amide bonds.